The first kappa shape index (κ1) is 20.8. The molecule has 0 aromatic heterocycles. The average molecular weight is 431 g/mol. The van der Waals surface area contributed by atoms with Crippen molar-refractivity contribution in [1.29, 1.82) is 0 Å². The van der Waals surface area contributed by atoms with E-state index in [1.165, 1.54) is 28.8 Å². The standard InChI is InChI=1S/C22H24FN3O3S/c23-18-4-1-16(2-5-18)14-26-19-13-17(3-6-20(19)30-15-21(26)27)22(28)24-7-8-25-9-11-29-12-10-25/h1-6,13H,7-12,14-15H2,(H,24,28)/p+1. The van der Waals surface area contributed by atoms with Crippen LogP contribution in [0.15, 0.2) is 47.4 Å². The van der Waals surface area contributed by atoms with Crippen LogP contribution >= 0.6 is 11.8 Å². The molecule has 2 aliphatic heterocycles. The van der Waals surface area contributed by atoms with E-state index in [0.29, 0.717) is 24.4 Å². The van der Waals surface area contributed by atoms with Crippen molar-refractivity contribution in [2.75, 3.05) is 50.0 Å². The van der Waals surface area contributed by atoms with Gasteiger partial charge in [0.2, 0.25) is 5.91 Å². The number of fused-ring (bicyclic) bond motifs is 1. The van der Waals surface area contributed by atoms with Crippen LogP contribution in [0.25, 0.3) is 0 Å². The van der Waals surface area contributed by atoms with Gasteiger partial charge in [0.05, 0.1) is 44.3 Å². The molecule has 0 radical (unpaired) electrons. The first-order valence-corrected chi connectivity index (χ1v) is 11.1. The number of anilines is 1. The lowest BCUT2D eigenvalue weighted by molar-refractivity contribution is -0.906. The Labute approximate surface area is 179 Å². The number of carbonyl (C=O) groups excluding carboxylic acids is 2. The topological polar surface area (TPSA) is 63.1 Å². The molecular formula is C22H25FN3O3S+. The smallest absolute Gasteiger partial charge is 0.251 e. The molecule has 2 heterocycles. The van der Waals surface area contributed by atoms with Gasteiger partial charge in [-0.05, 0) is 35.9 Å². The van der Waals surface area contributed by atoms with Crippen molar-refractivity contribution in [3.8, 4) is 0 Å². The highest BCUT2D eigenvalue weighted by Gasteiger charge is 2.26. The van der Waals surface area contributed by atoms with Gasteiger partial charge < -0.3 is 19.9 Å². The number of morpholine rings is 1. The number of quaternary nitrogens is 1. The molecule has 6 nitrogen and oxygen atoms in total. The monoisotopic (exact) mass is 430 g/mol. The van der Waals surface area contributed by atoms with Gasteiger partial charge in [0.25, 0.3) is 5.91 Å². The first-order valence-electron chi connectivity index (χ1n) is 10.1. The van der Waals surface area contributed by atoms with E-state index in [1.807, 2.05) is 6.07 Å². The predicted octanol–water partition coefficient (Wildman–Crippen LogP) is 1.11. The van der Waals surface area contributed by atoms with E-state index >= 15 is 0 Å². The van der Waals surface area contributed by atoms with Crippen LogP contribution in [0, 0.1) is 5.82 Å². The molecule has 4 rings (SSSR count). The molecule has 2 aromatic carbocycles. The first-order chi connectivity index (χ1) is 14.6. The van der Waals surface area contributed by atoms with Crippen LogP contribution in [-0.2, 0) is 16.1 Å². The highest BCUT2D eigenvalue weighted by molar-refractivity contribution is 8.00. The molecule has 0 bridgehead atoms. The molecule has 0 atom stereocenters. The summed E-state index contributed by atoms with van der Waals surface area (Å²) in [5.41, 5.74) is 2.10. The zero-order chi connectivity index (χ0) is 20.9. The van der Waals surface area contributed by atoms with Gasteiger partial charge in [0.1, 0.15) is 18.9 Å². The maximum absolute atomic E-state index is 13.2. The maximum atomic E-state index is 13.2. The van der Waals surface area contributed by atoms with E-state index in [-0.39, 0.29) is 17.6 Å². The van der Waals surface area contributed by atoms with E-state index in [1.54, 1.807) is 29.2 Å². The summed E-state index contributed by atoms with van der Waals surface area (Å²) in [4.78, 5) is 29.3. The Bertz CT molecular complexity index is 916. The molecule has 2 N–H and O–H groups in total. The highest BCUT2D eigenvalue weighted by Crippen LogP contribution is 2.36. The zero-order valence-corrected chi connectivity index (χ0v) is 17.5. The second kappa shape index (κ2) is 9.59. The molecule has 158 valence electrons. The van der Waals surface area contributed by atoms with Crippen LogP contribution in [0.2, 0.25) is 0 Å². The number of thioether (sulfide) groups is 1. The number of carbonyl (C=O) groups is 2. The van der Waals surface area contributed by atoms with Gasteiger partial charge in [-0.15, -0.1) is 11.8 Å². The van der Waals surface area contributed by atoms with Gasteiger partial charge in [0.15, 0.2) is 0 Å². The van der Waals surface area contributed by atoms with Crippen LogP contribution in [0.5, 0.6) is 0 Å². The Balaban J connectivity index is 1.44. The third-order valence-corrected chi connectivity index (χ3v) is 6.43. The van der Waals surface area contributed by atoms with Gasteiger partial charge in [-0.1, -0.05) is 12.1 Å². The van der Waals surface area contributed by atoms with Crippen molar-refractivity contribution < 1.29 is 23.6 Å². The molecular weight excluding hydrogens is 405 g/mol. The summed E-state index contributed by atoms with van der Waals surface area (Å²) in [7, 11) is 0. The summed E-state index contributed by atoms with van der Waals surface area (Å²) < 4.78 is 18.6. The molecule has 1 fully saturated rings. The fourth-order valence-corrected chi connectivity index (χ4v) is 4.57. The Kier molecular flexibility index (Phi) is 6.66. The van der Waals surface area contributed by atoms with E-state index in [0.717, 1.165) is 49.0 Å². The van der Waals surface area contributed by atoms with Crippen LogP contribution in [0.4, 0.5) is 10.1 Å². The van der Waals surface area contributed by atoms with Gasteiger partial charge in [0, 0.05) is 10.5 Å². The summed E-state index contributed by atoms with van der Waals surface area (Å²) in [6.07, 6.45) is 0. The lowest BCUT2D eigenvalue weighted by Crippen LogP contribution is -3.14. The van der Waals surface area contributed by atoms with Crippen LogP contribution in [0.1, 0.15) is 15.9 Å². The normalized spacial score (nSPS) is 17.0. The number of benzene rings is 2. The fourth-order valence-electron chi connectivity index (χ4n) is 3.65. The van der Waals surface area contributed by atoms with Crippen molar-refractivity contribution in [2.24, 2.45) is 0 Å². The Hall–Kier alpha value is -2.42. The van der Waals surface area contributed by atoms with Gasteiger partial charge >= 0.3 is 0 Å². The summed E-state index contributed by atoms with van der Waals surface area (Å²) in [5, 5.41) is 2.98. The summed E-state index contributed by atoms with van der Waals surface area (Å²) in [5.74, 6) is -0.125. The van der Waals surface area contributed by atoms with Crippen molar-refractivity contribution in [3.05, 3.63) is 59.4 Å². The molecule has 8 heteroatoms. The van der Waals surface area contributed by atoms with Gasteiger partial charge in [-0.2, -0.15) is 0 Å². The Morgan fingerprint density at radius 3 is 2.70 bits per heavy atom. The molecule has 0 unspecified atom stereocenters. The number of halogens is 1. The number of ether oxygens (including phenoxy) is 1. The van der Waals surface area contributed by atoms with E-state index in [9.17, 15) is 14.0 Å². The van der Waals surface area contributed by atoms with Crippen LogP contribution < -0.4 is 15.1 Å². The fraction of sp³-hybridized carbons (Fsp3) is 0.364. The number of nitrogens with zero attached hydrogens (tertiary/aromatic N) is 1. The maximum Gasteiger partial charge on any atom is 0.251 e. The third-order valence-electron chi connectivity index (χ3n) is 5.38. The summed E-state index contributed by atoms with van der Waals surface area (Å²) in [6, 6.07) is 11.6. The minimum Gasteiger partial charge on any atom is -0.370 e. The summed E-state index contributed by atoms with van der Waals surface area (Å²) >= 11 is 1.47. The third kappa shape index (κ3) is 5.00. The summed E-state index contributed by atoms with van der Waals surface area (Å²) in [6.45, 7) is 5.27. The molecule has 0 spiro atoms. The Morgan fingerprint density at radius 2 is 1.93 bits per heavy atom. The van der Waals surface area contributed by atoms with E-state index < -0.39 is 0 Å². The minimum absolute atomic E-state index is 0.0229. The van der Waals surface area contributed by atoms with Crippen molar-refractivity contribution in [2.45, 2.75) is 11.4 Å². The second-order valence-corrected chi connectivity index (χ2v) is 8.46. The quantitative estimate of drug-likeness (QED) is 0.721. The number of nitrogens with one attached hydrogen (secondary N) is 2. The molecule has 0 aliphatic carbocycles. The van der Waals surface area contributed by atoms with Crippen LogP contribution in [0.3, 0.4) is 0 Å². The second-order valence-electron chi connectivity index (χ2n) is 7.45. The van der Waals surface area contributed by atoms with Crippen molar-refractivity contribution >= 4 is 29.3 Å². The largest absolute Gasteiger partial charge is 0.370 e. The number of hydrogen-bond acceptors (Lipinski definition) is 4. The average Bonchev–Trinajstić information content (AvgIpc) is 2.77. The predicted molar refractivity (Wildman–Crippen MR) is 113 cm³/mol. The van der Waals surface area contributed by atoms with Gasteiger partial charge in [-0.3, -0.25) is 9.59 Å². The van der Waals surface area contributed by atoms with Crippen molar-refractivity contribution in [1.82, 2.24) is 5.32 Å². The number of hydrogen-bond donors (Lipinski definition) is 2. The van der Waals surface area contributed by atoms with Crippen LogP contribution in [-0.4, -0.2) is 57.0 Å². The highest BCUT2D eigenvalue weighted by atomic mass is 32.2. The lowest BCUT2D eigenvalue weighted by atomic mass is 10.1. The molecule has 2 aliphatic rings. The molecule has 2 aromatic rings. The Morgan fingerprint density at radius 1 is 1.17 bits per heavy atom. The van der Waals surface area contributed by atoms with Crippen molar-refractivity contribution in [3.63, 3.8) is 0 Å². The lowest BCUT2D eigenvalue weighted by Gasteiger charge is -2.29. The molecule has 2 amide bonds. The molecule has 30 heavy (non-hydrogen) atoms. The minimum atomic E-state index is -0.308. The number of rotatable bonds is 6. The zero-order valence-electron chi connectivity index (χ0n) is 16.7. The SMILES string of the molecule is O=C(NCC[NH+]1CCOCC1)c1ccc2c(c1)N(Cc1ccc(F)cc1)C(=O)CS2. The molecule has 0 saturated carbocycles. The van der Waals surface area contributed by atoms with Gasteiger partial charge in [-0.25, -0.2) is 4.39 Å². The molecule has 1 saturated heterocycles. The van der Waals surface area contributed by atoms with E-state index in [2.05, 4.69) is 5.32 Å². The number of amides is 2. The van der Waals surface area contributed by atoms with E-state index in [4.69, 9.17) is 4.74 Å².